The molecule has 0 amide bonds. The SMILES string of the molecule is C=CC(=O)OCC(O)CC(CCN)[Si](OCC)(OCC)OCC. The van der Waals surface area contributed by atoms with Gasteiger partial charge in [-0.25, -0.2) is 4.79 Å². The van der Waals surface area contributed by atoms with E-state index in [2.05, 4.69) is 6.58 Å². The fourth-order valence-corrected chi connectivity index (χ4v) is 5.60. The zero-order valence-corrected chi connectivity index (χ0v) is 15.5. The van der Waals surface area contributed by atoms with E-state index in [0.717, 1.165) is 6.08 Å². The number of carbonyl (C=O) groups excluding carboxylic acids is 1. The molecule has 0 aliphatic rings. The van der Waals surface area contributed by atoms with Gasteiger partial charge in [-0.2, -0.15) is 0 Å². The standard InChI is InChI=1S/C15H31NO6Si/c1-5-15(18)19-12-13(17)11-14(9-10-16)23(20-6-2,21-7-3)22-8-4/h5,13-14,17H,1,6-12,16H2,2-4H3. The number of esters is 1. The van der Waals surface area contributed by atoms with Crippen molar-refractivity contribution in [2.45, 2.75) is 45.3 Å². The molecule has 8 heteroatoms. The molecule has 0 aliphatic heterocycles. The highest BCUT2D eigenvalue weighted by Crippen LogP contribution is 2.33. The molecule has 2 atom stereocenters. The van der Waals surface area contributed by atoms with Crippen LogP contribution in [0.15, 0.2) is 12.7 Å². The number of rotatable bonds is 14. The van der Waals surface area contributed by atoms with Crippen LogP contribution in [0.3, 0.4) is 0 Å². The summed E-state index contributed by atoms with van der Waals surface area (Å²) in [5.41, 5.74) is 5.55. The Balaban J connectivity index is 5.03. The van der Waals surface area contributed by atoms with Crippen LogP contribution in [-0.2, 0) is 22.8 Å². The van der Waals surface area contributed by atoms with Crippen molar-refractivity contribution >= 4 is 14.8 Å². The topological polar surface area (TPSA) is 100 Å². The lowest BCUT2D eigenvalue weighted by molar-refractivity contribution is -0.140. The van der Waals surface area contributed by atoms with Crippen LogP contribution in [0.5, 0.6) is 0 Å². The zero-order chi connectivity index (χ0) is 17.7. The summed E-state index contributed by atoms with van der Waals surface area (Å²) < 4.78 is 22.5. The summed E-state index contributed by atoms with van der Waals surface area (Å²) in [6, 6.07) is 0. The van der Waals surface area contributed by atoms with Crippen LogP contribution in [0.2, 0.25) is 5.54 Å². The molecule has 136 valence electrons. The van der Waals surface area contributed by atoms with Crippen LogP contribution < -0.4 is 5.73 Å². The monoisotopic (exact) mass is 349 g/mol. The molecule has 0 saturated carbocycles. The second-order valence-electron chi connectivity index (χ2n) is 4.90. The summed E-state index contributed by atoms with van der Waals surface area (Å²) in [5.74, 6) is -0.567. The highest BCUT2D eigenvalue weighted by Gasteiger charge is 2.49. The maximum absolute atomic E-state index is 11.1. The maximum Gasteiger partial charge on any atom is 0.504 e. The number of hydrogen-bond acceptors (Lipinski definition) is 7. The van der Waals surface area contributed by atoms with Gasteiger partial charge in [0, 0.05) is 31.4 Å². The molecule has 2 unspecified atom stereocenters. The van der Waals surface area contributed by atoms with Crippen LogP contribution in [0.1, 0.15) is 33.6 Å². The molecular weight excluding hydrogens is 318 g/mol. The normalized spacial score (nSPS) is 14.3. The minimum atomic E-state index is -2.97. The van der Waals surface area contributed by atoms with E-state index >= 15 is 0 Å². The van der Waals surface area contributed by atoms with Crippen molar-refractivity contribution in [3.8, 4) is 0 Å². The molecule has 0 aromatic carbocycles. The van der Waals surface area contributed by atoms with Gasteiger partial charge in [-0.05, 0) is 40.2 Å². The molecule has 0 fully saturated rings. The summed E-state index contributed by atoms with van der Waals surface area (Å²) in [7, 11) is -2.97. The predicted octanol–water partition coefficient (Wildman–Crippen LogP) is 1.23. The Labute approximate surface area is 140 Å². The third-order valence-corrected chi connectivity index (χ3v) is 6.79. The van der Waals surface area contributed by atoms with Gasteiger partial charge in [0.25, 0.3) is 0 Å². The van der Waals surface area contributed by atoms with Crippen LogP contribution in [-0.4, -0.2) is 59.0 Å². The highest BCUT2D eigenvalue weighted by atomic mass is 28.4. The van der Waals surface area contributed by atoms with Crippen molar-refractivity contribution in [2.24, 2.45) is 5.73 Å². The van der Waals surface area contributed by atoms with E-state index in [4.69, 9.17) is 23.7 Å². The number of hydrogen-bond donors (Lipinski definition) is 2. The third-order valence-electron chi connectivity index (χ3n) is 3.19. The Morgan fingerprint density at radius 3 is 2.13 bits per heavy atom. The number of aliphatic hydroxyl groups is 1. The number of carbonyl (C=O) groups is 1. The molecule has 0 radical (unpaired) electrons. The van der Waals surface area contributed by atoms with Crippen LogP contribution in [0.25, 0.3) is 0 Å². The van der Waals surface area contributed by atoms with E-state index < -0.39 is 20.9 Å². The van der Waals surface area contributed by atoms with Crippen molar-refractivity contribution in [2.75, 3.05) is 33.0 Å². The second-order valence-corrected chi connectivity index (χ2v) is 7.79. The molecule has 0 spiro atoms. The molecule has 0 heterocycles. The molecule has 0 aromatic heterocycles. The van der Waals surface area contributed by atoms with Gasteiger partial charge in [-0.3, -0.25) is 0 Å². The molecule has 0 aliphatic carbocycles. The van der Waals surface area contributed by atoms with E-state index in [0.29, 0.717) is 39.2 Å². The largest absolute Gasteiger partial charge is 0.504 e. The molecule has 3 N–H and O–H groups in total. The predicted molar refractivity (Wildman–Crippen MR) is 89.8 cm³/mol. The minimum Gasteiger partial charge on any atom is -0.460 e. The lowest BCUT2D eigenvalue weighted by atomic mass is 10.1. The van der Waals surface area contributed by atoms with E-state index in [1.807, 2.05) is 20.8 Å². The average Bonchev–Trinajstić information content (AvgIpc) is 2.52. The van der Waals surface area contributed by atoms with E-state index in [9.17, 15) is 9.90 Å². The Hall–Kier alpha value is -0.773. The summed E-state index contributed by atoms with van der Waals surface area (Å²) >= 11 is 0. The molecule has 23 heavy (non-hydrogen) atoms. The Morgan fingerprint density at radius 2 is 1.74 bits per heavy atom. The van der Waals surface area contributed by atoms with Gasteiger partial charge < -0.3 is 28.9 Å². The number of ether oxygens (including phenoxy) is 1. The van der Waals surface area contributed by atoms with Crippen molar-refractivity contribution in [3.63, 3.8) is 0 Å². The number of nitrogens with two attached hydrogens (primary N) is 1. The lowest BCUT2D eigenvalue weighted by Gasteiger charge is -2.36. The van der Waals surface area contributed by atoms with Crippen molar-refractivity contribution in [1.82, 2.24) is 0 Å². The third kappa shape index (κ3) is 8.05. The molecule has 0 bridgehead atoms. The average molecular weight is 350 g/mol. The molecular formula is C15H31NO6Si. The van der Waals surface area contributed by atoms with Gasteiger partial charge in [0.05, 0.1) is 6.10 Å². The first-order chi connectivity index (χ1) is 11.0. The molecule has 7 nitrogen and oxygen atoms in total. The van der Waals surface area contributed by atoms with E-state index in [1.54, 1.807) is 0 Å². The fourth-order valence-electron chi connectivity index (χ4n) is 2.36. The summed E-state index contributed by atoms with van der Waals surface area (Å²) in [4.78, 5) is 11.1. The first-order valence-corrected chi connectivity index (χ1v) is 9.88. The van der Waals surface area contributed by atoms with Gasteiger partial charge in [-0.15, -0.1) is 0 Å². The smallest absolute Gasteiger partial charge is 0.460 e. The highest BCUT2D eigenvalue weighted by molar-refractivity contribution is 6.62. The van der Waals surface area contributed by atoms with Gasteiger partial charge in [-0.1, -0.05) is 6.58 Å². The van der Waals surface area contributed by atoms with Gasteiger partial charge in [0.2, 0.25) is 0 Å². The van der Waals surface area contributed by atoms with Gasteiger partial charge >= 0.3 is 14.8 Å². The lowest BCUT2D eigenvalue weighted by Crippen LogP contribution is -2.52. The van der Waals surface area contributed by atoms with Crippen LogP contribution in [0.4, 0.5) is 0 Å². The van der Waals surface area contributed by atoms with Crippen molar-refractivity contribution in [1.29, 1.82) is 0 Å². The molecule has 0 saturated heterocycles. The summed E-state index contributed by atoms with van der Waals surface area (Å²) in [6.45, 7) is 10.6. The van der Waals surface area contributed by atoms with E-state index in [-0.39, 0.29) is 12.1 Å². The fraction of sp³-hybridized carbons (Fsp3) is 0.800. The summed E-state index contributed by atoms with van der Waals surface area (Å²) in [5, 5.41) is 10.2. The van der Waals surface area contributed by atoms with Crippen LogP contribution >= 0.6 is 0 Å². The maximum atomic E-state index is 11.1. The first-order valence-electron chi connectivity index (χ1n) is 8.08. The second kappa shape index (κ2) is 12.6. The zero-order valence-electron chi connectivity index (χ0n) is 14.5. The quantitative estimate of drug-likeness (QED) is 0.276. The van der Waals surface area contributed by atoms with Gasteiger partial charge in [0.1, 0.15) is 6.61 Å². The summed E-state index contributed by atoms with van der Waals surface area (Å²) in [6.07, 6.45) is 1.14. The molecule has 0 aromatic rings. The Bertz CT molecular complexity index is 325. The van der Waals surface area contributed by atoms with Crippen molar-refractivity contribution in [3.05, 3.63) is 12.7 Å². The van der Waals surface area contributed by atoms with E-state index in [1.165, 1.54) is 0 Å². The van der Waals surface area contributed by atoms with Crippen molar-refractivity contribution < 1.29 is 27.9 Å². The van der Waals surface area contributed by atoms with Gasteiger partial charge in [0.15, 0.2) is 0 Å². The number of aliphatic hydroxyl groups excluding tert-OH is 1. The Kier molecular flexibility index (Phi) is 12.2. The Morgan fingerprint density at radius 1 is 1.22 bits per heavy atom. The minimum absolute atomic E-state index is 0.110. The first kappa shape index (κ1) is 22.2. The molecule has 0 rings (SSSR count). The van der Waals surface area contributed by atoms with Crippen LogP contribution in [0, 0.1) is 0 Å².